The van der Waals surface area contributed by atoms with Gasteiger partial charge in [-0.25, -0.2) is 8.42 Å². The van der Waals surface area contributed by atoms with Crippen LogP contribution in [0.25, 0.3) is 0 Å². The third kappa shape index (κ3) is 2.95. The average Bonchev–Trinajstić information content (AvgIpc) is 2.38. The molecule has 7 heteroatoms. The van der Waals surface area contributed by atoms with Gasteiger partial charge < -0.3 is 0 Å². The second-order valence-corrected chi connectivity index (χ2v) is 7.71. The molecule has 1 saturated heterocycles. The first-order valence-corrected chi connectivity index (χ1v) is 9.09. The van der Waals surface area contributed by atoms with Crippen molar-refractivity contribution in [2.45, 2.75) is 30.2 Å². The van der Waals surface area contributed by atoms with Crippen LogP contribution in [-0.4, -0.2) is 35.6 Å². The van der Waals surface area contributed by atoms with Crippen LogP contribution in [0, 0.1) is 0 Å². The largest absolute Gasteiger partial charge is 0.262 e. The quantitative estimate of drug-likeness (QED) is 0.737. The van der Waals surface area contributed by atoms with E-state index in [0.29, 0.717) is 16.3 Å². The molecule has 1 unspecified atom stereocenters. The number of hydrogen-bond donors (Lipinski definition) is 0. The summed E-state index contributed by atoms with van der Waals surface area (Å²) in [5.74, 6) is 0. The molecule has 0 N–H and O–H groups in total. The molecule has 2 heterocycles. The first kappa shape index (κ1) is 14.4. The van der Waals surface area contributed by atoms with Crippen molar-refractivity contribution in [3.8, 4) is 0 Å². The summed E-state index contributed by atoms with van der Waals surface area (Å²) in [5.41, 5.74) is 0. The van der Waals surface area contributed by atoms with Gasteiger partial charge in [0, 0.05) is 34.8 Å². The number of aromatic nitrogens is 1. The minimum Gasteiger partial charge on any atom is -0.262 e. The third-order valence-electron chi connectivity index (χ3n) is 3.04. The molecule has 100 valence electrons. The Labute approximate surface area is 124 Å². The van der Waals surface area contributed by atoms with Gasteiger partial charge in [-0.05, 0) is 34.8 Å². The van der Waals surface area contributed by atoms with Crippen molar-refractivity contribution in [1.29, 1.82) is 0 Å². The minimum absolute atomic E-state index is 0.0442. The molecule has 1 aliphatic rings. The first-order chi connectivity index (χ1) is 8.55. The summed E-state index contributed by atoms with van der Waals surface area (Å²) >= 11 is 6.66. The van der Waals surface area contributed by atoms with Gasteiger partial charge in [0.2, 0.25) is 10.0 Å². The molecule has 0 aliphatic carbocycles. The van der Waals surface area contributed by atoms with Crippen LogP contribution in [0.1, 0.15) is 19.3 Å². The molecule has 0 aromatic carbocycles. The molecular weight excluding hydrogens is 384 g/mol. The van der Waals surface area contributed by atoms with E-state index in [9.17, 15) is 8.42 Å². The summed E-state index contributed by atoms with van der Waals surface area (Å²) in [6.45, 7) is 0.588. The van der Waals surface area contributed by atoms with E-state index in [0.717, 1.165) is 19.3 Å². The Morgan fingerprint density at radius 1 is 1.39 bits per heavy atom. The van der Waals surface area contributed by atoms with Crippen LogP contribution < -0.4 is 0 Å². The highest BCUT2D eigenvalue weighted by Crippen LogP contribution is 2.27. The minimum atomic E-state index is -3.43. The smallest absolute Gasteiger partial charge is 0.244 e. The number of pyridine rings is 1. The van der Waals surface area contributed by atoms with Gasteiger partial charge in [0.1, 0.15) is 4.90 Å². The molecule has 0 radical (unpaired) electrons. The van der Waals surface area contributed by atoms with Gasteiger partial charge in [0.05, 0.1) is 0 Å². The van der Waals surface area contributed by atoms with E-state index >= 15 is 0 Å². The van der Waals surface area contributed by atoms with Crippen molar-refractivity contribution >= 4 is 41.9 Å². The molecule has 1 atom stereocenters. The Morgan fingerprint density at radius 2 is 2.17 bits per heavy atom. The third-order valence-corrected chi connectivity index (χ3v) is 6.14. The van der Waals surface area contributed by atoms with E-state index in [1.165, 1.54) is 6.20 Å². The fourth-order valence-electron chi connectivity index (χ4n) is 2.11. The summed E-state index contributed by atoms with van der Waals surface area (Å²) in [6, 6.07) is 1.64. The molecule has 0 amide bonds. The highest BCUT2D eigenvalue weighted by atomic mass is 79.9. The van der Waals surface area contributed by atoms with Gasteiger partial charge in [-0.3, -0.25) is 4.98 Å². The summed E-state index contributed by atoms with van der Waals surface area (Å²) in [6.07, 6.45) is 5.90. The zero-order chi connectivity index (χ0) is 13.2. The van der Waals surface area contributed by atoms with Crippen molar-refractivity contribution in [3.63, 3.8) is 0 Å². The fourth-order valence-corrected chi connectivity index (χ4v) is 5.18. The summed E-state index contributed by atoms with van der Waals surface area (Å²) in [5, 5.41) is 0.674. The molecule has 0 spiro atoms. The van der Waals surface area contributed by atoms with Crippen LogP contribution in [0.4, 0.5) is 0 Å². The lowest BCUT2D eigenvalue weighted by Crippen LogP contribution is -2.44. The molecule has 4 nitrogen and oxygen atoms in total. The number of halogens is 2. The Hall–Kier alpha value is 0.0200. The standard InChI is InChI=1S/C11H14Br2N2O2S/c12-6-10-3-1-2-4-15(10)18(16,17)11-5-9(13)7-14-8-11/h5,7-8,10H,1-4,6H2. The number of piperidine rings is 1. The van der Waals surface area contributed by atoms with Crippen LogP contribution in [-0.2, 0) is 10.0 Å². The van der Waals surface area contributed by atoms with E-state index in [4.69, 9.17) is 0 Å². The normalized spacial score (nSPS) is 22.0. The number of sulfonamides is 1. The van der Waals surface area contributed by atoms with E-state index in [1.54, 1.807) is 16.6 Å². The Morgan fingerprint density at radius 3 is 2.83 bits per heavy atom. The predicted octanol–water partition coefficient (Wildman–Crippen LogP) is 2.78. The molecule has 18 heavy (non-hydrogen) atoms. The number of hydrogen-bond acceptors (Lipinski definition) is 3. The monoisotopic (exact) mass is 396 g/mol. The highest BCUT2D eigenvalue weighted by molar-refractivity contribution is 9.10. The van der Waals surface area contributed by atoms with Gasteiger partial charge >= 0.3 is 0 Å². The van der Waals surface area contributed by atoms with Crippen molar-refractivity contribution < 1.29 is 8.42 Å². The van der Waals surface area contributed by atoms with Crippen molar-refractivity contribution in [2.24, 2.45) is 0 Å². The summed E-state index contributed by atoms with van der Waals surface area (Å²) in [7, 11) is -3.43. The van der Waals surface area contributed by atoms with E-state index < -0.39 is 10.0 Å². The molecule has 2 rings (SSSR count). The maximum absolute atomic E-state index is 12.6. The molecule has 1 aromatic rings. The highest BCUT2D eigenvalue weighted by Gasteiger charge is 2.33. The lowest BCUT2D eigenvalue weighted by atomic mass is 10.1. The van der Waals surface area contributed by atoms with Gasteiger partial charge in [-0.1, -0.05) is 22.4 Å². The topological polar surface area (TPSA) is 50.3 Å². The molecule has 0 saturated carbocycles. The second kappa shape index (κ2) is 5.98. The van der Waals surface area contributed by atoms with Gasteiger partial charge in [0.25, 0.3) is 0 Å². The molecule has 1 aromatic heterocycles. The van der Waals surface area contributed by atoms with Crippen molar-refractivity contribution in [2.75, 3.05) is 11.9 Å². The van der Waals surface area contributed by atoms with Crippen molar-refractivity contribution in [3.05, 3.63) is 22.9 Å². The maximum atomic E-state index is 12.6. The zero-order valence-electron chi connectivity index (χ0n) is 9.72. The van der Waals surface area contributed by atoms with E-state index in [2.05, 4.69) is 36.8 Å². The van der Waals surface area contributed by atoms with Crippen LogP contribution in [0.15, 0.2) is 27.8 Å². The molecule has 1 aliphatic heterocycles. The van der Waals surface area contributed by atoms with Crippen LogP contribution >= 0.6 is 31.9 Å². The first-order valence-electron chi connectivity index (χ1n) is 5.74. The maximum Gasteiger partial charge on any atom is 0.244 e. The van der Waals surface area contributed by atoms with Crippen LogP contribution in [0.2, 0.25) is 0 Å². The van der Waals surface area contributed by atoms with Crippen molar-refractivity contribution in [1.82, 2.24) is 9.29 Å². The van der Waals surface area contributed by atoms with Gasteiger partial charge in [-0.15, -0.1) is 0 Å². The summed E-state index contributed by atoms with van der Waals surface area (Å²) < 4.78 is 27.4. The lowest BCUT2D eigenvalue weighted by molar-refractivity contribution is 0.273. The Kier molecular flexibility index (Phi) is 4.80. The number of rotatable bonds is 3. The van der Waals surface area contributed by atoms with E-state index in [-0.39, 0.29) is 10.9 Å². The van der Waals surface area contributed by atoms with Crippen LogP contribution in [0.3, 0.4) is 0 Å². The molecule has 0 bridgehead atoms. The lowest BCUT2D eigenvalue weighted by Gasteiger charge is -2.33. The SMILES string of the molecule is O=S(=O)(c1cncc(Br)c1)N1CCCCC1CBr. The zero-order valence-corrected chi connectivity index (χ0v) is 13.7. The summed E-state index contributed by atoms with van der Waals surface area (Å²) in [4.78, 5) is 4.19. The fraction of sp³-hybridized carbons (Fsp3) is 0.545. The molecule has 1 fully saturated rings. The number of nitrogens with zero attached hydrogens (tertiary/aromatic N) is 2. The second-order valence-electron chi connectivity index (χ2n) is 4.26. The average molecular weight is 398 g/mol. The molecular formula is C11H14Br2N2O2S. The number of alkyl halides is 1. The predicted molar refractivity (Wildman–Crippen MR) is 77.3 cm³/mol. The van der Waals surface area contributed by atoms with E-state index in [1.807, 2.05) is 0 Å². The Bertz CT molecular complexity index is 522. The van der Waals surface area contributed by atoms with Crippen LogP contribution in [0.5, 0.6) is 0 Å². The van der Waals surface area contributed by atoms with Gasteiger partial charge in [-0.2, -0.15) is 4.31 Å². The Balaban J connectivity index is 2.35. The van der Waals surface area contributed by atoms with Gasteiger partial charge in [0.15, 0.2) is 0 Å².